The van der Waals surface area contributed by atoms with Gasteiger partial charge in [0.1, 0.15) is 0 Å². The molecule has 2 nitrogen and oxygen atoms in total. The Morgan fingerprint density at radius 1 is 1.14 bits per heavy atom. The van der Waals surface area contributed by atoms with Crippen molar-refractivity contribution in [2.75, 3.05) is 0 Å². The van der Waals surface area contributed by atoms with Gasteiger partial charge in [-0.1, -0.05) is 59.3 Å². The molecular weight excluding hydrogens is 302 g/mol. The molecule has 1 aliphatic heterocycles. The van der Waals surface area contributed by atoms with E-state index in [1.807, 2.05) is 46.9 Å². The average molecular weight is 315 g/mol. The molecule has 2 aromatic rings. The van der Waals surface area contributed by atoms with E-state index in [0.717, 1.165) is 38.6 Å². The Hall–Kier alpha value is -1.84. The molecule has 0 spiro atoms. The fraction of sp³-hybridized carbons (Fsp3) is 0.118. The van der Waals surface area contributed by atoms with Gasteiger partial charge in [0.2, 0.25) is 0 Å². The third-order valence-corrected chi connectivity index (χ3v) is 5.30. The normalized spacial score (nSPS) is 16.5. The van der Waals surface area contributed by atoms with Gasteiger partial charge in [0.05, 0.1) is 12.0 Å². The molecule has 0 fully saturated rings. The topological polar surface area (TPSA) is 26.1 Å². The molecule has 0 unspecified atom stereocenters. The van der Waals surface area contributed by atoms with Crippen LogP contribution in [0.25, 0.3) is 16.0 Å². The quantitative estimate of drug-likeness (QED) is 0.802. The molecule has 1 aliphatic carbocycles. The van der Waals surface area contributed by atoms with Gasteiger partial charge in [0.15, 0.2) is 11.1 Å². The van der Waals surface area contributed by atoms with E-state index in [1.165, 1.54) is 5.57 Å². The van der Waals surface area contributed by atoms with E-state index in [0.29, 0.717) is 5.88 Å². The van der Waals surface area contributed by atoms with Crippen LogP contribution in [0.4, 0.5) is 0 Å². The standard InChI is InChI=1S/C17H12ClNOS/c18-13-7-6-11-8-9-19-16(20)15(12-4-2-1-3-5-12)21-17(19)14(11)10-13/h1-6,9-10H,7-8H2/p+1. The summed E-state index contributed by atoms with van der Waals surface area (Å²) in [5.74, 6) is 0.308. The minimum atomic E-state index is 0.308. The number of fused-ring (bicyclic) bond motifs is 2. The number of allylic oxidation sites excluding steroid dienone is 4. The van der Waals surface area contributed by atoms with E-state index < -0.39 is 0 Å². The van der Waals surface area contributed by atoms with Crippen LogP contribution in [0.1, 0.15) is 12.8 Å². The minimum absolute atomic E-state index is 0.308. The second kappa shape index (κ2) is 4.86. The number of hydrogen-bond donors (Lipinski definition) is 1. The zero-order valence-electron chi connectivity index (χ0n) is 11.2. The molecule has 2 heterocycles. The predicted molar refractivity (Wildman–Crippen MR) is 85.6 cm³/mol. The van der Waals surface area contributed by atoms with Crippen LogP contribution in [0.15, 0.2) is 53.1 Å². The molecule has 104 valence electrons. The molecule has 2 aliphatic rings. The molecule has 0 amide bonds. The zero-order valence-corrected chi connectivity index (χ0v) is 12.8. The van der Waals surface area contributed by atoms with E-state index >= 15 is 0 Å². The number of benzene rings is 1. The summed E-state index contributed by atoms with van der Waals surface area (Å²) in [5, 5.41) is 11.4. The number of aromatic hydroxyl groups is 1. The highest BCUT2D eigenvalue weighted by atomic mass is 35.5. The number of hydrogen-bond acceptors (Lipinski definition) is 2. The lowest BCUT2D eigenvalue weighted by molar-refractivity contribution is -0.530. The number of thiazole rings is 1. The van der Waals surface area contributed by atoms with Crippen molar-refractivity contribution in [3.8, 4) is 16.3 Å². The molecule has 0 radical (unpaired) electrons. The van der Waals surface area contributed by atoms with Crippen molar-refractivity contribution in [2.45, 2.75) is 12.8 Å². The summed E-state index contributed by atoms with van der Waals surface area (Å²) in [4.78, 5) is 0.894. The van der Waals surface area contributed by atoms with Gasteiger partial charge >= 0.3 is 5.88 Å². The summed E-state index contributed by atoms with van der Waals surface area (Å²) in [6, 6.07) is 9.98. The second-order valence-corrected chi connectivity index (χ2v) is 6.61. The largest absolute Gasteiger partial charge is 0.458 e. The van der Waals surface area contributed by atoms with Crippen LogP contribution in [-0.4, -0.2) is 5.11 Å². The van der Waals surface area contributed by atoms with Gasteiger partial charge in [-0.3, -0.25) is 0 Å². The smallest absolute Gasteiger partial charge is 0.390 e. The Morgan fingerprint density at radius 3 is 2.76 bits per heavy atom. The molecule has 4 heteroatoms. The average Bonchev–Trinajstić information content (AvgIpc) is 2.86. The predicted octanol–water partition coefficient (Wildman–Crippen LogP) is 3.43. The Kier molecular flexibility index (Phi) is 2.98. The molecule has 0 saturated heterocycles. The molecule has 0 saturated carbocycles. The first-order valence-corrected chi connectivity index (χ1v) is 8.02. The lowest BCUT2D eigenvalue weighted by Crippen LogP contribution is -2.37. The van der Waals surface area contributed by atoms with Crippen molar-refractivity contribution in [1.29, 1.82) is 0 Å². The van der Waals surface area contributed by atoms with Gasteiger partial charge in [0, 0.05) is 17.0 Å². The highest BCUT2D eigenvalue weighted by Gasteiger charge is 2.26. The highest BCUT2D eigenvalue weighted by Crippen LogP contribution is 2.33. The van der Waals surface area contributed by atoms with Crippen LogP contribution in [0.2, 0.25) is 0 Å². The number of nitrogens with zero attached hydrogens (tertiary/aromatic N) is 1. The van der Waals surface area contributed by atoms with Crippen LogP contribution in [0, 0.1) is 6.21 Å². The summed E-state index contributed by atoms with van der Waals surface area (Å²) < 4.78 is 2.92. The van der Waals surface area contributed by atoms with Crippen molar-refractivity contribution in [3.63, 3.8) is 0 Å². The highest BCUT2D eigenvalue weighted by molar-refractivity contribution is 7.13. The summed E-state index contributed by atoms with van der Waals surface area (Å²) in [6.45, 7) is 0. The fourth-order valence-electron chi connectivity index (χ4n) is 2.75. The first-order valence-electron chi connectivity index (χ1n) is 6.83. The van der Waals surface area contributed by atoms with Crippen LogP contribution in [0.5, 0.6) is 5.88 Å². The van der Waals surface area contributed by atoms with Crippen LogP contribution in [-0.2, 0) is 0 Å². The van der Waals surface area contributed by atoms with Crippen LogP contribution >= 0.6 is 22.9 Å². The summed E-state index contributed by atoms with van der Waals surface area (Å²) in [7, 11) is 0. The lowest BCUT2D eigenvalue weighted by Gasteiger charge is -2.10. The Bertz CT molecular complexity index is 906. The van der Waals surface area contributed by atoms with Crippen molar-refractivity contribution in [1.82, 2.24) is 0 Å². The zero-order chi connectivity index (χ0) is 14.4. The fourth-order valence-corrected chi connectivity index (χ4v) is 4.13. The van der Waals surface area contributed by atoms with Gasteiger partial charge < -0.3 is 5.11 Å². The maximum atomic E-state index is 10.5. The molecule has 0 bridgehead atoms. The minimum Gasteiger partial charge on any atom is -0.458 e. The van der Waals surface area contributed by atoms with Crippen molar-refractivity contribution < 1.29 is 9.35 Å². The molecule has 1 aromatic carbocycles. The monoisotopic (exact) mass is 314 g/mol. The molecular formula is C17H13ClNOS+. The van der Waals surface area contributed by atoms with Crippen molar-refractivity contribution in [2.24, 2.45) is 0 Å². The van der Waals surface area contributed by atoms with E-state index in [1.54, 1.807) is 11.3 Å². The van der Waals surface area contributed by atoms with Gasteiger partial charge in [0.25, 0.3) is 4.66 Å². The lowest BCUT2D eigenvalue weighted by atomic mass is 9.97. The SMILES string of the molecule is Oc1c(-c2ccccc2)sc2[n+]1=CCC1=CCC(Cl)=CC=21. The Labute approximate surface area is 131 Å². The van der Waals surface area contributed by atoms with E-state index in [4.69, 9.17) is 11.6 Å². The maximum Gasteiger partial charge on any atom is 0.390 e. The molecule has 4 rings (SSSR count). The van der Waals surface area contributed by atoms with Crippen molar-refractivity contribution in [3.05, 3.63) is 64.0 Å². The van der Waals surface area contributed by atoms with E-state index in [-0.39, 0.29) is 0 Å². The van der Waals surface area contributed by atoms with Crippen LogP contribution in [0.3, 0.4) is 0 Å². The molecule has 21 heavy (non-hydrogen) atoms. The number of rotatable bonds is 1. The summed E-state index contributed by atoms with van der Waals surface area (Å²) >= 11 is 7.79. The van der Waals surface area contributed by atoms with Gasteiger partial charge in [-0.25, -0.2) is 0 Å². The summed E-state index contributed by atoms with van der Waals surface area (Å²) in [6.07, 6.45) is 7.87. The Balaban J connectivity index is 2.04. The Morgan fingerprint density at radius 2 is 1.95 bits per heavy atom. The maximum absolute atomic E-state index is 10.5. The first kappa shape index (κ1) is 12.9. The van der Waals surface area contributed by atoms with Crippen molar-refractivity contribution >= 4 is 28.5 Å². The number of halogens is 1. The summed E-state index contributed by atoms with van der Waals surface area (Å²) in [5.41, 5.74) is 3.46. The molecule has 1 N–H and O–H groups in total. The van der Waals surface area contributed by atoms with E-state index in [9.17, 15) is 5.11 Å². The third-order valence-electron chi connectivity index (χ3n) is 3.80. The first-order chi connectivity index (χ1) is 10.2. The van der Waals surface area contributed by atoms with Crippen LogP contribution < -0.4 is 8.91 Å². The van der Waals surface area contributed by atoms with Gasteiger partial charge in [-0.2, -0.15) is 0 Å². The second-order valence-electron chi connectivity index (χ2n) is 5.12. The van der Waals surface area contributed by atoms with Gasteiger partial charge in [-0.05, 0) is 11.6 Å². The van der Waals surface area contributed by atoms with Gasteiger partial charge in [-0.15, -0.1) is 4.24 Å². The third kappa shape index (κ3) is 2.04. The number of aromatic nitrogens is 1. The molecule has 0 atom stereocenters. The van der Waals surface area contributed by atoms with E-state index in [2.05, 4.69) is 6.08 Å². The molecule has 1 aromatic heterocycles.